The standard InChI is InChI=1S/C10H11BrO5S/c1-17(14,15)5-4-16-9-6-7(10(12)13)2-3-8(9)11/h2-3,6H,4-5H2,1H3,(H,12,13). The highest BCUT2D eigenvalue weighted by Gasteiger charge is 2.09. The first kappa shape index (κ1) is 14.0. The van der Waals surface area contributed by atoms with Crippen LogP contribution in [0.1, 0.15) is 10.4 Å². The van der Waals surface area contributed by atoms with Crippen LogP contribution < -0.4 is 4.74 Å². The molecule has 0 aliphatic carbocycles. The van der Waals surface area contributed by atoms with Crippen LogP contribution in [0.2, 0.25) is 0 Å². The van der Waals surface area contributed by atoms with Gasteiger partial charge in [-0.25, -0.2) is 13.2 Å². The fourth-order valence-electron chi connectivity index (χ4n) is 1.05. The minimum absolute atomic E-state index is 0.0134. The molecule has 0 unspecified atom stereocenters. The lowest BCUT2D eigenvalue weighted by molar-refractivity contribution is 0.0696. The molecule has 0 aliphatic heterocycles. The van der Waals surface area contributed by atoms with Crippen molar-refractivity contribution in [1.82, 2.24) is 0 Å². The molecule has 0 aliphatic rings. The molecule has 1 aromatic carbocycles. The maximum Gasteiger partial charge on any atom is 0.335 e. The van der Waals surface area contributed by atoms with E-state index in [4.69, 9.17) is 9.84 Å². The normalized spacial score (nSPS) is 11.2. The Bertz CT molecular complexity index is 523. The molecule has 7 heteroatoms. The van der Waals surface area contributed by atoms with E-state index in [0.717, 1.165) is 6.26 Å². The van der Waals surface area contributed by atoms with E-state index in [2.05, 4.69) is 15.9 Å². The van der Waals surface area contributed by atoms with E-state index in [0.29, 0.717) is 10.2 Å². The van der Waals surface area contributed by atoms with Crippen molar-refractivity contribution in [2.75, 3.05) is 18.6 Å². The number of benzene rings is 1. The average molecular weight is 323 g/mol. The minimum atomic E-state index is -3.09. The Kier molecular flexibility index (Phi) is 4.53. The summed E-state index contributed by atoms with van der Waals surface area (Å²) in [4.78, 5) is 10.7. The van der Waals surface area contributed by atoms with Crippen LogP contribution in [-0.2, 0) is 9.84 Å². The first-order valence-electron chi connectivity index (χ1n) is 4.63. The van der Waals surface area contributed by atoms with Crippen LogP contribution in [-0.4, -0.2) is 38.1 Å². The molecule has 1 N–H and O–H groups in total. The Hall–Kier alpha value is -1.08. The first-order valence-corrected chi connectivity index (χ1v) is 7.48. The average Bonchev–Trinajstić information content (AvgIpc) is 2.18. The van der Waals surface area contributed by atoms with Crippen LogP contribution in [0.15, 0.2) is 22.7 Å². The van der Waals surface area contributed by atoms with Crippen molar-refractivity contribution in [2.45, 2.75) is 0 Å². The number of carbonyl (C=O) groups is 1. The molecule has 17 heavy (non-hydrogen) atoms. The number of hydrogen-bond acceptors (Lipinski definition) is 4. The second-order valence-electron chi connectivity index (χ2n) is 3.43. The highest BCUT2D eigenvalue weighted by Crippen LogP contribution is 2.26. The molecule has 94 valence electrons. The van der Waals surface area contributed by atoms with Crippen molar-refractivity contribution in [3.8, 4) is 5.75 Å². The van der Waals surface area contributed by atoms with E-state index >= 15 is 0 Å². The first-order chi connectivity index (χ1) is 7.79. The third-order valence-corrected chi connectivity index (χ3v) is 3.45. The zero-order valence-electron chi connectivity index (χ0n) is 9.01. The summed E-state index contributed by atoms with van der Waals surface area (Å²) in [6.07, 6.45) is 1.11. The summed E-state index contributed by atoms with van der Waals surface area (Å²) in [6.45, 7) is -0.0134. The fourth-order valence-corrected chi connectivity index (χ4v) is 1.80. The second kappa shape index (κ2) is 5.50. The lowest BCUT2D eigenvalue weighted by atomic mass is 10.2. The molecule has 0 fully saturated rings. The van der Waals surface area contributed by atoms with Crippen molar-refractivity contribution >= 4 is 31.7 Å². The van der Waals surface area contributed by atoms with Crippen LogP contribution in [0.4, 0.5) is 0 Å². The van der Waals surface area contributed by atoms with Crippen LogP contribution in [0.3, 0.4) is 0 Å². The SMILES string of the molecule is CS(=O)(=O)CCOc1cc(C(=O)O)ccc1Br. The molecule has 0 amide bonds. The Morgan fingerprint density at radius 3 is 2.65 bits per heavy atom. The Morgan fingerprint density at radius 1 is 1.47 bits per heavy atom. The molecule has 0 heterocycles. The van der Waals surface area contributed by atoms with Crippen LogP contribution in [0, 0.1) is 0 Å². The molecule has 0 aromatic heterocycles. The number of ether oxygens (including phenoxy) is 1. The summed E-state index contributed by atoms with van der Waals surface area (Å²) in [5.41, 5.74) is 0.0857. The summed E-state index contributed by atoms with van der Waals surface area (Å²) in [5.74, 6) is -0.865. The van der Waals surface area contributed by atoms with E-state index in [1.54, 1.807) is 6.07 Å². The van der Waals surface area contributed by atoms with Gasteiger partial charge in [-0.2, -0.15) is 0 Å². The molecule has 5 nitrogen and oxygen atoms in total. The van der Waals surface area contributed by atoms with Gasteiger partial charge in [0.15, 0.2) is 9.84 Å². The summed E-state index contributed by atoms with van der Waals surface area (Å²) in [5, 5.41) is 8.79. The number of sulfone groups is 1. The number of carboxylic acids is 1. The predicted octanol–water partition coefficient (Wildman–Crippen LogP) is 1.57. The molecule has 0 saturated heterocycles. The summed E-state index contributed by atoms with van der Waals surface area (Å²) < 4.78 is 27.6. The molecule has 0 atom stereocenters. The molecule has 0 radical (unpaired) electrons. The minimum Gasteiger partial charge on any atom is -0.491 e. The Labute approximate surface area is 107 Å². The van der Waals surface area contributed by atoms with Gasteiger partial charge in [-0.1, -0.05) is 0 Å². The summed E-state index contributed by atoms with van der Waals surface area (Å²) in [7, 11) is -3.09. The molecule has 1 aromatic rings. The molecular weight excluding hydrogens is 312 g/mol. The Balaban J connectivity index is 2.76. The number of hydrogen-bond donors (Lipinski definition) is 1. The zero-order valence-corrected chi connectivity index (χ0v) is 11.4. The van der Waals surface area contributed by atoms with E-state index in [-0.39, 0.29) is 17.9 Å². The van der Waals surface area contributed by atoms with Crippen molar-refractivity contribution in [1.29, 1.82) is 0 Å². The van der Waals surface area contributed by atoms with Crippen LogP contribution in [0.5, 0.6) is 5.75 Å². The van der Waals surface area contributed by atoms with Gasteiger partial charge in [0.05, 0.1) is 15.8 Å². The highest BCUT2D eigenvalue weighted by molar-refractivity contribution is 9.10. The Morgan fingerprint density at radius 2 is 2.12 bits per heavy atom. The lowest BCUT2D eigenvalue weighted by Gasteiger charge is -2.08. The van der Waals surface area contributed by atoms with Crippen molar-refractivity contribution in [3.05, 3.63) is 28.2 Å². The maximum atomic E-state index is 10.9. The largest absolute Gasteiger partial charge is 0.491 e. The topological polar surface area (TPSA) is 80.7 Å². The van der Waals surface area contributed by atoms with Gasteiger partial charge in [-0.15, -0.1) is 0 Å². The highest BCUT2D eigenvalue weighted by atomic mass is 79.9. The quantitative estimate of drug-likeness (QED) is 0.890. The van der Waals surface area contributed by atoms with Gasteiger partial charge in [0.2, 0.25) is 0 Å². The van der Waals surface area contributed by atoms with Gasteiger partial charge in [0, 0.05) is 6.26 Å². The predicted molar refractivity (Wildman–Crippen MR) is 66.3 cm³/mol. The number of rotatable bonds is 5. The van der Waals surface area contributed by atoms with Gasteiger partial charge in [0.1, 0.15) is 12.4 Å². The van der Waals surface area contributed by atoms with Crippen molar-refractivity contribution < 1.29 is 23.1 Å². The summed E-state index contributed by atoms with van der Waals surface area (Å²) in [6, 6.07) is 4.31. The number of carboxylic acid groups (broad SMARTS) is 1. The van der Waals surface area contributed by atoms with Crippen molar-refractivity contribution in [2.24, 2.45) is 0 Å². The second-order valence-corrected chi connectivity index (χ2v) is 6.54. The number of aromatic carboxylic acids is 1. The molecule has 1 rings (SSSR count). The monoisotopic (exact) mass is 322 g/mol. The van der Waals surface area contributed by atoms with Gasteiger partial charge in [-0.3, -0.25) is 0 Å². The van der Waals surface area contributed by atoms with E-state index in [1.807, 2.05) is 0 Å². The van der Waals surface area contributed by atoms with Gasteiger partial charge in [-0.05, 0) is 34.1 Å². The van der Waals surface area contributed by atoms with E-state index in [1.165, 1.54) is 12.1 Å². The third-order valence-electron chi connectivity index (χ3n) is 1.89. The fraction of sp³-hybridized carbons (Fsp3) is 0.300. The van der Waals surface area contributed by atoms with Crippen LogP contribution in [0.25, 0.3) is 0 Å². The van der Waals surface area contributed by atoms with E-state index < -0.39 is 15.8 Å². The zero-order chi connectivity index (χ0) is 13.1. The van der Waals surface area contributed by atoms with Gasteiger partial charge in [0.25, 0.3) is 0 Å². The summed E-state index contributed by atoms with van der Waals surface area (Å²) >= 11 is 3.19. The van der Waals surface area contributed by atoms with Crippen LogP contribution >= 0.6 is 15.9 Å². The molecule has 0 saturated carbocycles. The molecule has 0 bridgehead atoms. The van der Waals surface area contributed by atoms with Gasteiger partial charge < -0.3 is 9.84 Å². The maximum absolute atomic E-state index is 10.9. The third kappa shape index (κ3) is 4.74. The smallest absolute Gasteiger partial charge is 0.335 e. The van der Waals surface area contributed by atoms with Crippen molar-refractivity contribution in [3.63, 3.8) is 0 Å². The van der Waals surface area contributed by atoms with Gasteiger partial charge >= 0.3 is 5.97 Å². The molecular formula is C10H11BrO5S. The van der Waals surface area contributed by atoms with E-state index in [9.17, 15) is 13.2 Å². The molecule has 0 spiro atoms. The lowest BCUT2D eigenvalue weighted by Crippen LogP contribution is -2.12. The number of halogens is 1.